The number of nitrogens with zero attached hydrogens (tertiary/aromatic N) is 2. The lowest BCUT2D eigenvalue weighted by molar-refractivity contribution is -0.125. The summed E-state index contributed by atoms with van der Waals surface area (Å²) in [5, 5.41) is 3.77. The Morgan fingerprint density at radius 2 is 1.73 bits per heavy atom. The highest BCUT2D eigenvalue weighted by molar-refractivity contribution is 5.96. The van der Waals surface area contributed by atoms with Gasteiger partial charge in [0, 0.05) is 30.3 Å². The molecule has 1 aromatic carbocycles. The zero-order valence-electron chi connectivity index (χ0n) is 17.9. The number of ether oxygens (including phenoxy) is 1. The van der Waals surface area contributed by atoms with Crippen molar-refractivity contribution in [2.24, 2.45) is 0 Å². The highest BCUT2D eigenvalue weighted by Crippen LogP contribution is 2.22. The molecule has 0 atom stereocenters. The molecule has 0 spiro atoms. The third-order valence-corrected chi connectivity index (χ3v) is 4.53. The maximum absolute atomic E-state index is 12.3. The number of anilines is 1. The SMILES string of the molecule is CCN(CC)c1ccc(C(=O)NNC(=O)COC(=O)c2c(C)noc2C(C)C)cc1. The number of benzene rings is 1. The van der Waals surface area contributed by atoms with E-state index >= 15 is 0 Å². The number of hydrogen-bond acceptors (Lipinski definition) is 7. The minimum Gasteiger partial charge on any atom is -0.452 e. The van der Waals surface area contributed by atoms with E-state index in [1.54, 1.807) is 19.1 Å². The van der Waals surface area contributed by atoms with Gasteiger partial charge in [0.2, 0.25) is 0 Å². The Bertz CT molecular complexity index is 885. The van der Waals surface area contributed by atoms with Crippen LogP contribution in [0.5, 0.6) is 0 Å². The molecule has 9 nitrogen and oxygen atoms in total. The predicted octanol–water partition coefficient (Wildman–Crippen LogP) is 2.57. The largest absolute Gasteiger partial charge is 0.452 e. The molecule has 1 aromatic heterocycles. The molecule has 0 saturated carbocycles. The number of aromatic nitrogens is 1. The molecule has 2 N–H and O–H groups in total. The quantitative estimate of drug-likeness (QED) is 0.502. The van der Waals surface area contributed by atoms with E-state index in [0.717, 1.165) is 18.8 Å². The first-order chi connectivity index (χ1) is 14.3. The molecule has 1 heterocycles. The van der Waals surface area contributed by atoms with Crippen LogP contribution in [-0.4, -0.2) is 42.6 Å². The van der Waals surface area contributed by atoms with Crippen LogP contribution in [0.4, 0.5) is 5.69 Å². The van der Waals surface area contributed by atoms with E-state index in [9.17, 15) is 14.4 Å². The van der Waals surface area contributed by atoms with Crippen molar-refractivity contribution in [1.29, 1.82) is 0 Å². The predicted molar refractivity (Wildman–Crippen MR) is 111 cm³/mol. The smallest absolute Gasteiger partial charge is 0.344 e. The van der Waals surface area contributed by atoms with Crippen molar-refractivity contribution in [3.8, 4) is 0 Å². The summed E-state index contributed by atoms with van der Waals surface area (Å²) in [7, 11) is 0. The lowest BCUT2D eigenvalue weighted by atomic mass is 10.1. The topological polar surface area (TPSA) is 114 Å². The zero-order chi connectivity index (χ0) is 22.3. The minimum absolute atomic E-state index is 0.0602. The monoisotopic (exact) mass is 416 g/mol. The maximum Gasteiger partial charge on any atom is 0.344 e. The van der Waals surface area contributed by atoms with Gasteiger partial charge in [-0.3, -0.25) is 20.4 Å². The average molecular weight is 416 g/mol. The number of rotatable bonds is 8. The number of aryl methyl sites for hydroxylation is 1. The summed E-state index contributed by atoms with van der Waals surface area (Å²) in [5.41, 5.74) is 6.55. The second-order valence-electron chi connectivity index (χ2n) is 6.96. The molecule has 0 aliphatic heterocycles. The van der Waals surface area contributed by atoms with E-state index in [1.165, 1.54) is 0 Å². The number of carbonyl (C=O) groups is 3. The summed E-state index contributed by atoms with van der Waals surface area (Å²) in [6.07, 6.45) is 0. The maximum atomic E-state index is 12.3. The first kappa shape index (κ1) is 22.9. The van der Waals surface area contributed by atoms with Gasteiger partial charge in [0.05, 0.1) is 5.69 Å². The van der Waals surface area contributed by atoms with E-state index in [1.807, 2.05) is 26.0 Å². The Kier molecular flexibility index (Phi) is 7.97. The second kappa shape index (κ2) is 10.4. The van der Waals surface area contributed by atoms with Crippen molar-refractivity contribution in [2.45, 2.75) is 40.5 Å². The summed E-state index contributed by atoms with van der Waals surface area (Å²) >= 11 is 0. The van der Waals surface area contributed by atoms with Crippen molar-refractivity contribution in [3.05, 3.63) is 46.8 Å². The van der Waals surface area contributed by atoms with E-state index in [2.05, 4.69) is 34.8 Å². The molecule has 0 fully saturated rings. The van der Waals surface area contributed by atoms with Crippen LogP contribution in [0.2, 0.25) is 0 Å². The second-order valence-corrected chi connectivity index (χ2v) is 6.96. The first-order valence-corrected chi connectivity index (χ1v) is 9.85. The normalized spacial score (nSPS) is 10.6. The van der Waals surface area contributed by atoms with Crippen molar-refractivity contribution in [3.63, 3.8) is 0 Å². The highest BCUT2D eigenvalue weighted by atomic mass is 16.5. The molecule has 9 heteroatoms. The van der Waals surface area contributed by atoms with Gasteiger partial charge in [-0.15, -0.1) is 0 Å². The molecular weight excluding hydrogens is 388 g/mol. The zero-order valence-corrected chi connectivity index (χ0v) is 17.9. The van der Waals surface area contributed by atoms with Gasteiger partial charge < -0.3 is 14.2 Å². The number of hydrogen-bond donors (Lipinski definition) is 2. The Balaban J connectivity index is 1.85. The number of amides is 2. The van der Waals surface area contributed by atoms with Crippen LogP contribution in [0, 0.1) is 6.92 Å². The van der Waals surface area contributed by atoms with Gasteiger partial charge in [0.15, 0.2) is 12.4 Å². The van der Waals surface area contributed by atoms with Gasteiger partial charge in [-0.05, 0) is 45.0 Å². The fraction of sp³-hybridized carbons (Fsp3) is 0.429. The summed E-state index contributed by atoms with van der Waals surface area (Å²) in [6.45, 7) is 10.6. The van der Waals surface area contributed by atoms with E-state index in [0.29, 0.717) is 17.0 Å². The van der Waals surface area contributed by atoms with Crippen LogP contribution in [0.1, 0.15) is 65.8 Å². The molecule has 0 saturated heterocycles. The molecular formula is C21H28N4O5. The lowest BCUT2D eigenvalue weighted by Crippen LogP contribution is -2.43. The Morgan fingerprint density at radius 1 is 1.10 bits per heavy atom. The number of carbonyl (C=O) groups excluding carboxylic acids is 3. The molecule has 162 valence electrons. The average Bonchev–Trinajstić information content (AvgIpc) is 3.13. The van der Waals surface area contributed by atoms with Crippen molar-refractivity contribution in [1.82, 2.24) is 16.0 Å². The Hall–Kier alpha value is -3.36. The molecule has 0 unspecified atom stereocenters. The molecule has 0 aliphatic carbocycles. The molecule has 2 rings (SSSR count). The number of nitrogens with one attached hydrogen (secondary N) is 2. The van der Waals surface area contributed by atoms with Gasteiger partial charge in [0.25, 0.3) is 11.8 Å². The van der Waals surface area contributed by atoms with Gasteiger partial charge in [-0.25, -0.2) is 4.79 Å². The van der Waals surface area contributed by atoms with E-state index < -0.39 is 24.4 Å². The van der Waals surface area contributed by atoms with Crippen LogP contribution in [-0.2, 0) is 9.53 Å². The van der Waals surface area contributed by atoms with Crippen LogP contribution < -0.4 is 15.8 Å². The van der Waals surface area contributed by atoms with E-state index in [-0.39, 0.29) is 11.5 Å². The lowest BCUT2D eigenvalue weighted by Gasteiger charge is -2.21. The first-order valence-electron chi connectivity index (χ1n) is 9.85. The summed E-state index contributed by atoms with van der Waals surface area (Å²) in [6, 6.07) is 7.05. The van der Waals surface area contributed by atoms with Crippen LogP contribution in [0.25, 0.3) is 0 Å². The molecule has 0 aliphatic rings. The fourth-order valence-electron chi connectivity index (χ4n) is 2.88. The Morgan fingerprint density at radius 3 is 2.30 bits per heavy atom. The van der Waals surface area contributed by atoms with Crippen molar-refractivity contribution >= 4 is 23.5 Å². The third-order valence-electron chi connectivity index (χ3n) is 4.53. The summed E-state index contributed by atoms with van der Waals surface area (Å²) < 4.78 is 10.2. The van der Waals surface area contributed by atoms with Crippen LogP contribution >= 0.6 is 0 Å². The summed E-state index contributed by atoms with van der Waals surface area (Å²) in [5.74, 6) is -1.50. The van der Waals surface area contributed by atoms with Crippen molar-refractivity contribution < 1.29 is 23.6 Å². The van der Waals surface area contributed by atoms with Crippen LogP contribution in [0.3, 0.4) is 0 Å². The number of esters is 1. The Labute approximate surface area is 175 Å². The van der Waals surface area contributed by atoms with E-state index in [4.69, 9.17) is 9.26 Å². The molecule has 0 radical (unpaired) electrons. The number of hydrazine groups is 1. The molecule has 2 amide bonds. The minimum atomic E-state index is -0.703. The fourth-order valence-corrected chi connectivity index (χ4v) is 2.88. The van der Waals surface area contributed by atoms with Gasteiger partial charge >= 0.3 is 5.97 Å². The molecule has 2 aromatic rings. The van der Waals surface area contributed by atoms with Crippen LogP contribution in [0.15, 0.2) is 28.8 Å². The van der Waals surface area contributed by atoms with Crippen molar-refractivity contribution in [2.75, 3.05) is 24.6 Å². The van der Waals surface area contributed by atoms with Gasteiger partial charge in [-0.1, -0.05) is 19.0 Å². The molecule has 30 heavy (non-hydrogen) atoms. The standard InChI is InChI=1S/C21H28N4O5/c1-6-25(7-2)16-10-8-15(9-11-16)20(27)23-22-17(26)12-29-21(28)18-14(5)24-30-19(18)13(3)4/h8-11,13H,6-7,12H2,1-5H3,(H,22,26)(H,23,27). The summed E-state index contributed by atoms with van der Waals surface area (Å²) in [4.78, 5) is 38.5. The van der Waals surface area contributed by atoms with Gasteiger partial charge in [0.1, 0.15) is 5.56 Å². The molecule has 0 bridgehead atoms. The third kappa shape index (κ3) is 5.59. The van der Waals surface area contributed by atoms with Gasteiger partial charge in [-0.2, -0.15) is 0 Å². The highest BCUT2D eigenvalue weighted by Gasteiger charge is 2.24.